The minimum Gasteiger partial charge on any atom is -0.390 e. The highest BCUT2D eigenvalue weighted by atomic mass is 32.1. The predicted molar refractivity (Wildman–Crippen MR) is 73.1 cm³/mol. The van der Waals surface area contributed by atoms with E-state index in [0.29, 0.717) is 13.0 Å². The summed E-state index contributed by atoms with van der Waals surface area (Å²) in [6.45, 7) is 6.55. The molecule has 0 aliphatic carbocycles. The van der Waals surface area contributed by atoms with E-state index in [0.717, 1.165) is 17.1 Å². The number of aromatic nitrogens is 2. The average Bonchev–Trinajstić information content (AvgIpc) is 2.89. The summed E-state index contributed by atoms with van der Waals surface area (Å²) >= 11 is 1.60. The summed E-state index contributed by atoms with van der Waals surface area (Å²) in [5.41, 5.74) is 0.417. The molecule has 2 atom stereocenters. The van der Waals surface area contributed by atoms with Crippen LogP contribution in [0.4, 0.5) is 0 Å². The highest BCUT2D eigenvalue weighted by Gasteiger charge is 2.32. The number of hydrogen-bond acceptors (Lipinski definition) is 4. The Morgan fingerprint density at radius 2 is 2.33 bits per heavy atom. The van der Waals surface area contributed by atoms with Crippen LogP contribution in [0.5, 0.6) is 0 Å². The van der Waals surface area contributed by atoms with Crippen molar-refractivity contribution in [3.8, 4) is 0 Å². The zero-order chi connectivity index (χ0) is 13.2. The highest BCUT2D eigenvalue weighted by Crippen LogP contribution is 2.23. The molecular formula is C13H20N2O2S. The topological polar surface area (TPSA) is 46.8 Å². The van der Waals surface area contributed by atoms with Crippen molar-refractivity contribution in [1.29, 1.82) is 0 Å². The van der Waals surface area contributed by atoms with Gasteiger partial charge in [-0.25, -0.2) is 4.98 Å². The van der Waals surface area contributed by atoms with Crippen molar-refractivity contribution in [1.82, 2.24) is 9.38 Å². The lowest BCUT2D eigenvalue weighted by atomic mass is 9.92. The lowest BCUT2D eigenvalue weighted by Crippen LogP contribution is -2.43. The summed E-state index contributed by atoms with van der Waals surface area (Å²) in [6, 6.07) is 0. The van der Waals surface area contributed by atoms with E-state index in [9.17, 15) is 5.11 Å². The Morgan fingerprint density at radius 1 is 1.56 bits per heavy atom. The maximum Gasteiger partial charge on any atom is 0.193 e. The van der Waals surface area contributed by atoms with E-state index in [-0.39, 0.29) is 0 Å². The van der Waals surface area contributed by atoms with Crippen LogP contribution in [0, 0.1) is 0 Å². The SMILES string of the molecule is CCOC(C)(CC)C(O)Cc1cn2ccsc2n1. The van der Waals surface area contributed by atoms with Gasteiger partial charge in [0.1, 0.15) is 0 Å². The Hall–Kier alpha value is -0.910. The van der Waals surface area contributed by atoms with Gasteiger partial charge >= 0.3 is 0 Å². The molecule has 2 aromatic rings. The second kappa shape index (κ2) is 5.38. The maximum absolute atomic E-state index is 10.3. The number of ether oxygens (including phenoxy) is 1. The molecule has 1 N–H and O–H groups in total. The van der Waals surface area contributed by atoms with E-state index in [4.69, 9.17) is 4.74 Å². The Balaban J connectivity index is 2.10. The van der Waals surface area contributed by atoms with Crippen LogP contribution in [0.2, 0.25) is 0 Å². The normalized spacial score (nSPS) is 16.9. The molecule has 2 heterocycles. The van der Waals surface area contributed by atoms with Crippen LogP contribution in [-0.4, -0.2) is 32.8 Å². The molecule has 2 unspecified atom stereocenters. The van der Waals surface area contributed by atoms with Crippen LogP contribution in [0.3, 0.4) is 0 Å². The molecule has 18 heavy (non-hydrogen) atoms. The monoisotopic (exact) mass is 268 g/mol. The van der Waals surface area contributed by atoms with Crippen molar-refractivity contribution in [2.24, 2.45) is 0 Å². The predicted octanol–water partition coefficient (Wildman–Crippen LogP) is 2.50. The van der Waals surface area contributed by atoms with Gasteiger partial charge in [0.2, 0.25) is 0 Å². The van der Waals surface area contributed by atoms with Crippen molar-refractivity contribution in [3.63, 3.8) is 0 Å². The zero-order valence-electron chi connectivity index (χ0n) is 11.1. The summed E-state index contributed by atoms with van der Waals surface area (Å²) in [5.74, 6) is 0. The molecule has 2 aromatic heterocycles. The van der Waals surface area contributed by atoms with E-state index in [1.165, 1.54) is 0 Å². The fourth-order valence-corrected chi connectivity index (χ4v) is 2.77. The fourth-order valence-electron chi connectivity index (χ4n) is 2.05. The second-order valence-electron chi connectivity index (χ2n) is 4.64. The molecule has 0 aliphatic heterocycles. The Morgan fingerprint density at radius 3 is 2.94 bits per heavy atom. The number of fused-ring (bicyclic) bond motifs is 1. The first-order valence-electron chi connectivity index (χ1n) is 6.32. The molecule has 5 heteroatoms. The van der Waals surface area contributed by atoms with Gasteiger partial charge in [0.05, 0.1) is 17.4 Å². The van der Waals surface area contributed by atoms with E-state index in [2.05, 4.69) is 4.98 Å². The van der Waals surface area contributed by atoms with Crippen LogP contribution in [0.25, 0.3) is 4.96 Å². The van der Waals surface area contributed by atoms with E-state index in [1.807, 2.05) is 42.9 Å². The maximum atomic E-state index is 10.3. The smallest absolute Gasteiger partial charge is 0.193 e. The highest BCUT2D eigenvalue weighted by molar-refractivity contribution is 7.15. The van der Waals surface area contributed by atoms with E-state index < -0.39 is 11.7 Å². The second-order valence-corrected chi connectivity index (χ2v) is 5.52. The fraction of sp³-hybridized carbons (Fsp3) is 0.615. The Kier molecular flexibility index (Phi) is 4.04. The van der Waals surface area contributed by atoms with Crippen LogP contribution >= 0.6 is 11.3 Å². The van der Waals surface area contributed by atoms with Crippen molar-refractivity contribution < 1.29 is 9.84 Å². The lowest BCUT2D eigenvalue weighted by Gasteiger charge is -2.33. The number of imidazole rings is 1. The van der Waals surface area contributed by atoms with Crippen molar-refractivity contribution >= 4 is 16.3 Å². The molecule has 0 aliphatic rings. The summed E-state index contributed by atoms with van der Waals surface area (Å²) in [5, 5.41) is 12.3. The third-order valence-corrected chi connectivity index (χ3v) is 4.20. The molecule has 0 amide bonds. The first-order valence-corrected chi connectivity index (χ1v) is 7.20. The Labute approximate surface area is 111 Å². The van der Waals surface area contributed by atoms with Gasteiger partial charge in [-0.05, 0) is 20.3 Å². The van der Waals surface area contributed by atoms with Crippen LogP contribution < -0.4 is 0 Å². The molecular weight excluding hydrogens is 248 g/mol. The molecule has 0 saturated heterocycles. The summed E-state index contributed by atoms with van der Waals surface area (Å²) in [4.78, 5) is 5.45. The molecule has 0 bridgehead atoms. The molecule has 0 saturated carbocycles. The van der Waals surface area contributed by atoms with Gasteiger partial charge in [-0.2, -0.15) is 0 Å². The molecule has 2 rings (SSSR count). The molecule has 0 aromatic carbocycles. The van der Waals surface area contributed by atoms with Gasteiger partial charge in [0, 0.05) is 30.8 Å². The first kappa shape index (κ1) is 13.5. The number of nitrogens with zero attached hydrogens (tertiary/aromatic N) is 2. The van der Waals surface area contributed by atoms with Crippen molar-refractivity contribution in [2.75, 3.05) is 6.61 Å². The van der Waals surface area contributed by atoms with E-state index >= 15 is 0 Å². The summed E-state index contributed by atoms with van der Waals surface area (Å²) in [7, 11) is 0. The van der Waals surface area contributed by atoms with Crippen molar-refractivity contribution in [3.05, 3.63) is 23.5 Å². The Bertz CT molecular complexity index is 479. The number of hydrogen-bond donors (Lipinski definition) is 1. The van der Waals surface area contributed by atoms with Gasteiger partial charge in [0.15, 0.2) is 4.96 Å². The van der Waals surface area contributed by atoms with Gasteiger partial charge in [-0.3, -0.25) is 4.40 Å². The lowest BCUT2D eigenvalue weighted by molar-refractivity contribution is -0.110. The largest absolute Gasteiger partial charge is 0.390 e. The molecule has 4 nitrogen and oxygen atoms in total. The minimum atomic E-state index is -0.535. The zero-order valence-corrected chi connectivity index (χ0v) is 11.9. The molecule has 0 radical (unpaired) electrons. The van der Waals surface area contributed by atoms with Gasteiger partial charge < -0.3 is 9.84 Å². The molecule has 0 fully saturated rings. The van der Waals surface area contributed by atoms with Crippen molar-refractivity contribution in [2.45, 2.75) is 45.3 Å². The standard InChI is InChI=1S/C13H20N2O2S/c1-4-13(3,17-5-2)11(16)8-10-9-15-6-7-18-12(15)14-10/h6-7,9,11,16H,4-5,8H2,1-3H3. The number of aliphatic hydroxyl groups is 1. The van der Waals surface area contributed by atoms with Gasteiger partial charge in [-0.15, -0.1) is 11.3 Å². The third-order valence-electron chi connectivity index (χ3n) is 3.43. The summed E-state index contributed by atoms with van der Waals surface area (Å²) < 4.78 is 7.67. The average molecular weight is 268 g/mol. The molecule has 100 valence electrons. The summed E-state index contributed by atoms with van der Waals surface area (Å²) in [6.07, 6.45) is 4.72. The quantitative estimate of drug-likeness (QED) is 0.875. The number of rotatable bonds is 6. The number of thiazole rings is 1. The van der Waals surface area contributed by atoms with Gasteiger partial charge in [0.25, 0.3) is 0 Å². The van der Waals surface area contributed by atoms with Crippen LogP contribution in [0.1, 0.15) is 32.9 Å². The first-order chi connectivity index (χ1) is 8.59. The minimum absolute atomic E-state index is 0.494. The molecule has 0 spiro atoms. The third kappa shape index (κ3) is 2.58. The van der Waals surface area contributed by atoms with E-state index in [1.54, 1.807) is 11.3 Å². The van der Waals surface area contributed by atoms with Gasteiger partial charge in [-0.1, -0.05) is 6.92 Å². The van der Waals surface area contributed by atoms with Crippen LogP contribution in [-0.2, 0) is 11.2 Å². The number of aliphatic hydroxyl groups excluding tert-OH is 1. The van der Waals surface area contributed by atoms with Crippen LogP contribution in [0.15, 0.2) is 17.8 Å².